The number of esters is 1. The van der Waals surface area contributed by atoms with Crippen molar-refractivity contribution in [3.63, 3.8) is 0 Å². The number of oxazole rings is 1. The SMILES string of the molecule is CO[C@H](C[C@@H](C)[C@H](O)/C=C/C=C/CNC(=O)C(C)(C)[C@@H](O)/C(C)=C/C=C/C=C/Cc1cnc(C)o1)[C@@]1(O)[C@@H](C)C(=O)N(C)[C@@]12C(=O)O[C@@H]2C. The van der Waals surface area contributed by atoms with Gasteiger partial charge in [0.15, 0.2) is 5.89 Å². The molecule has 0 saturated carbocycles. The molecule has 2 aliphatic rings. The van der Waals surface area contributed by atoms with E-state index in [0.29, 0.717) is 17.9 Å². The molecule has 12 nitrogen and oxygen atoms in total. The van der Waals surface area contributed by atoms with Crippen LogP contribution in [0.15, 0.2) is 70.9 Å². The first-order valence-electron chi connectivity index (χ1n) is 16.6. The van der Waals surface area contributed by atoms with Crippen LogP contribution in [0.4, 0.5) is 0 Å². The standard InChI is InChI=1S/C37H53N3O9/c1-23(17-13-10-11-14-18-28-22-39-27(5)49-28)31(42)35(6,7)33(44)38-20-16-12-15-19-29(41)24(2)21-30(47-9)37(46)25(3)32(43)40(8)36(37)26(4)48-34(36)45/h10-17,19,22,24-26,29-31,41-42,46H,18,20-21H2,1-9H3,(H,38,44)/b13-10+,14-11+,16-12+,19-15+,23-17+/t24-,25+,26-,29-,30-,31+,36+,37+/m1/s1. The van der Waals surface area contributed by atoms with Crippen molar-refractivity contribution in [2.45, 2.75) is 96.9 Å². The summed E-state index contributed by atoms with van der Waals surface area (Å²) in [6.07, 6.45) is 14.7. The summed E-state index contributed by atoms with van der Waals surface area (Å²) in [5.74, 6) is -1.31. The molecule has 3 rings (SSSR count). The number of likely N-dealkylation sites (tertiary alicyclic amines) is 1. The fourth-order valence-electron chi connectivity index (χ4n) is 6.76. The third kappa shape index (κ3) is 7.82. The summed E-state index contributed by atoms with van der Waals surface area (Å²) < 4.78 is 16.3. The lowest BCUT2D eigenvalue weighted by molar-refractivity contribution is -0.255. The zero-order valence-electron chi connectivity index (χ0n) is 30.0. The van der Waals surface area contributed by atoms with Crippen LogP contribution in [-0.4, -0.2) is 99.2 Å². The van der Waals surface area contributed by atoms with Gasteiger partial charge in [-0.25, -0.2) is 9.78 Å². The number of nitrogens with one attached hydrogen (secondary N) is 1. The quantitative estimate of drug-likeness (QED) is 0.150. The molecule has 1 aromatic rings. The van der Waals surface area contributed by atoms with Crippen LogP contribution in [0.5, 0.6) is 0 Å². The number of carbonyl (C=O) groups excluding carboxylic acids is 3. The number of likely N-dealkylation sites (N-methyl/N-ethyl adjacent to an activating group) is 1. The highest BCUT2D eigenvalue weighted by molar-refractivity contribution is 5.99. The van der Waals surface area contributed by atoms with Crippen molar-refractivity contribution in [2.24, 2.45) is 17.3 Å². The summed E-state index contributed by atoms with van der Waals surface area (Å²) in [6, 6.07) is 0. The number of aliphatic hydroxyl groups is 3. The van der Waals surface area contributed by atoms with Crippen molar-refractivity contribution in [3.05, 3.63) is 78.1 Å². The Balaban J connectivity index is 1.49. The number of hydrogen-bond donors (Lipinski definition) is 4. The number of aryl methyl sites for hydroxylation is 1. The van der Waals surface area contributed by atoms with Crippen LogP contribution in [0.2, 0.25) is 0 Å². The van der Waals surface area contributed by atoms with Crippen molar-refractivity contribution >= 4 is 17.8 Å². The van der Waals surface area contributed by atoms with Crippen LogP contribution in [-0.2, 0) is 30.3 Å². The largest absolute Gasteiger partial charge is 0.457 e. The molecule has 0 unspecified atom stereocenters. The number of cyclic esters (lactones) is 1. The van der Waals surface area contributed by atoms with Crippen molar-refractivity contribution in [1.82, 2.24) is 15.2 Å². The number of nitrogens with zero attached hydrogens (tertiary/aromatic N) is 2. The maximum absolute atomic E-state index is 12.9. The number of methoxy groups -OCH3 is 1. The average Bonchev–Trinajstić information content (AvgIpc) is 3.55. The van der Waals surface area contributed by atoms with E-state index in [-0.39, 0.29) is 24.8 Å². The molecule has 4 N–H and O–H groups in total. The Kier molecular flexibility index (Phi) is 13.1. The predicted octanol–water partition coefficient (Wildman–Crippen LogP) is 3.13. The molecule has 8 atom stereocenters. The Labute approximate surface area is 289 Å². The maximum Gasteiger partial charge on any atom is 0.339 e. The topological polar surface area (TPSA) is 172 Å². The molecule has 0 aromatic carbocycles. The monoisotopic (exact) mass is 683 g/mol. The number of hydrogen-bond acceptors (Lipinski definition) is 10. The van der Waals surface area contributed by atoms with Crippen LogP contribution < -0.4 is 5.32 Å². The Bertz CT molecular complexity index is 1490. The molecule has 0 bridgehead atoms. The second-order valence-corrected chi connectivity index (χ2v) is 13.6. The first-order valence-corrected chi connectivity index (χ1v) is 16.6. The highest BCUT2D eigenvalue weighted by Gasteiger charge is 2.80. The summed E-state index contributed by atoms with van der Waals surface area (Å²) >= 11 is 0. The number of amides is 2. The first-order chi connectivity index (χ1) is 23.0. The molecule has 1 spiro atoms. The molecule has 49 heavy (non-hydrogen) atoms. The molecule has 0 radical (unpaired) electrons. The van der Waals surface area contributed by atoms with Crippen LogP contribution in [0.1, 0.15) is 59.6 Å². The van der Waals surface area contributed by atoms with E-state index in [1.807, 2.05) is 18.2 Å². The van der Waals surface area contributed by atoms with Gasteiger partial charge in [-0.15, -0.1) is 0 Å². The van der Waals surface area contributed by atoms with E-state index in [1.165, 1.54) is 19.1 Å². The number of allylic oxidation sites excluding steroid dienone is 7. The van der Waals surface area contributed by atoms with E-state index in [4.69, 9.17) is 13.9 Å². The summed E-state index contributed by atoms with van der Waals surface area (Å²) in [5.41, 5.74) is -3.88. The number of carbonyl (C=O) groups is 3. The number of aliphatic hydroxyl groups excluding tert-OH is 2. The summed E-state index contributed by atoms with van der Waals surface area (Å²) in [5, 5.41) is 36.5. The van der Waals surface area contributed by atoms with Crippen LogP contribution in [0.3, 0.4) is 0 Å². The predicted molar refractivity (Wildman–Crippen MR) is 184 cm³/mol. The van der Waals surface area contributed by atoms with Crippen molar-refractivity contribution in [3.8, 4) is 0 Å². The van der Waals surface area contributed by atoms with Gasteiger partial charge in [0.2, 0.25) is 17.4 Å². The lowest BCUT2D eigenvalue weighted by Gasteiger charge is -2.55. The van der Waals surface area contributed by atoms with Gasteiger partial charge in [-0.05, 0) is 45.6 Å². The van der Waals surface area contributed by atoms with Crippen molar-refractivity contribution < 1.29 is 43.6 Å². The normalized spacial score (nSPS) is 27.4. The van der Waals surface area contributed by atoms with E-state index in [2.05, 4.69) is 10.3 Å². The third-order valence-electron chi connectivity index (χ3n) is 9.97. The fourth-order valence-corrected chi connectivity index (χ4v) is 6.76. The zero-order chi connectivity index (χ0) is 36.7. The van der Waals surface area contributed by atoms with Crippen molar-refractivity contribution in [1.29, 1.82) is 0 Å². The molecular formula is C37H53N3O9. The number of aromatic nitrogens is 1. The van der Waals surface area contributed by atoms with E-state index >= 15 is 0 Å². The van der Waals surface area contributed by atoms with Gasteiger partial charge in [0.1, 0.15) is 17.5 Å². The Morgan fingerprint density at radius 2 is 1.84 bits per heavy atom. The van der Waals surface area contributed by atoms with Gasteiger partial charge in [0.25, 0.3) is 0 Å². The van der Waals surface area contributed by atoms with Gasteiger partial charge in [0.05, 0.1) is 35.8 Å². The Morgan fingerprint density at radius 1 is 1.16 bits per heavy atom. The molecule has 2 amide bonds. The lowest BCUT2D eigenvalue weighted by Crippen LogP contribution is -2.80. The van der Waals surface area contributed by atoms with E-state index in [9.17, 15) is 29.7 Å². The smallest absolute Gasteiger partial charge is 0.339 e. The summed E-state index contributed by atoms with van der Waals surface area (Å²) in [6.45, 7) is 12.1. The molecule has 270 valence electrons. The summed E-state index contributed by atoms with van der Waals surface area (Å²) in [4.78, 5) is 43.9. The second kappa shape index (κ2) is 16.2. The van der Waals surface area contributed by atoms with Crippen LogP contribution in [0.25, 0.3) is 0 Å². The molecule has 2 saturated heterocycles. The number of rotatable bonds is 16. The van der Waals surface area contributed by atoms with Gasteiger partial charge < -0.3 is 39.4 Å². The Hall–Kier alpha value is -3.84. The minimum Gasteiger partial charge on any atom is -0.457 e. The minimum absolute atomic E-state index is 0.159. The summed E-state index contributed by atoms with van der Waals surface area (Å²) in [7, 11) is 2.89. The van der Waals surface area contributed by atoms with E-state index in [1.54, 1.807) is 91.1 Å². The molecular weight excluding hydrogens is 630 g/mol. The molecule has 2 aliphatic heterocycles. The highest BCUT2D eigenvalue weighted by Crippen LogP contribution is 2.54. The van der Waals surface area contributed by atoms with E-state index < -0.39 is 58.8 Å². The van der Waals surface area contributed by atoms with Gasteiger partial charge in [-0.3, -0.25) is 9.59 Å². The minimum atomic E-state index is -1.86. The highest BCUT2D eigenvalue weighted by atomic mass is 16.6. The second-order valence-electron chi connectivity index (χ2n) is 13.6. The van der Waals surface area contributed by atoms with E-state index in [0.717, 1.165) is 5.76 Å². The van der Waals surface area contributed by atoms with Gasteiger partial charge in [-0.1, -0.05) is 68.5 Å². The van der Waals surface area contributed by atoms with Gasteiger partial charge in [0, 0.05) is 34.0 Å². The zero-order valence-corrected chi connectivity index (χ0v) is 30.0. The van der Waals surface area contributed by atoms with Crippen LogP contribution in [0, 0.1) is 24.2 Å². The molecule has 12 heteroatoms. The maximum atomic E-state index is 12.9. The Morgan fingerprint density at radius 3 is 2.43 bits per heavy atom. The first kappa shape index (κ1) is 39.6. The fraction of sp³-hybridized carbons (Fsp3) is 0.568. The van der Waals surface area contributed by atoms with Crippen molar-refractivity contribution in [2.75, 3.05) is 20.7 Å². The van der Waals surface area contributed by atoms with Crippen LogP contribution >= 0.6 is 0 Å². The van der Waals surface area contributed by atoms with Gasteiger partial charge >= 0.3 is 5.97 Å². The van der Waals surface area contributed by atoms with Gasteiger partial charge in [-0.2, -0.15) is 0 Å². The molecule has 1 aromatic heterocycles. The number of ether oxygens (including phenoxy) is 2. The molecule has 3 heterocycles. The molecule has 2 fully saturated rings. The lowest BCUT2D eigenvalue weighted by atomic mass is 9.65. The average molecular weight is 684 g/mol. The molecule has 0 aliphatic carbocycles. The third-order valence-corrected chi connectivity index (χ3v) is 9.97.